The van der Waals surface area contributed by atoms with Crippen molar-refractivity contribution in [3.05, 3.63) is 29.8 Å². The molecule has 1 N–H and O–H groups in total. The second kappa shape index (κ2) is 7.02. The molecule has 2 amide bonds. The number of nitrogens with zero attached hydrogens (tertiary/aromatic N) is 1. The largest absolute Gasteiger partial charge is 0.416 e. The van der Waals surface area contributed by atoms with Gasteiger partial charge >= 0.3 is 6.18 Å². The first-order chi connectivity index (χ1) is 10.8. The van der Waals surface area contributed by atoms with Gasteiger partial charge in [-0.1, -0.05) is 0 Å². The van der Waals surface area contributed by atoms with E-state index in [4.69, 9.17) is 0 Å². The Morgan fingerprint density at radius 3 is 2.48 bits per heavy atom. The van der Waals surface area contributed by atoms with E-state index in [-0.39, 0.29) is 24.3 Å². The van der Waals surface area contributed by atoms with Crippen LogP contribution in [0.15, 0.2) is 24.3 Å². The Labute approximate surface area is 132 Å². The van der Waals surface area contributed by atoms with Crippen molar-refractivity contribution in [3.63, 3.8) is 0 Å². The van der Waals surface area contributed by atoms with Gasteiger partial charge in [-0.3, -0.25) is 9.59 Å². The second-order valence-electron chi connectivity index (χ2n) is 5.54. The van der Waals surface area contributed by atoms with Gasteiger partial charge in [0.05, 0.1) is 5.56 Å². The zero-order chi connectivity index (χ0) is 17.0. The summed E-state index contributed by atoms with van der Waals surface area (Å²) >= 11 is 0. The molecular weight excluding hydrogens is 309 g/mol. The molecule has 4 nitrogen and oxygen atoms in total. The highest BCUT2D eigenvalue weighted by Gasteiger charge is 2.30. The predicted octanol–water partition coefficient (Wildman–Crippen LogP) is 3.12. The average molecular weight is 328 g/mol. The number of carbonyl (C=O) groups is 2. The highest BCUT2D eigenvalue weighted by atomic mass is 19.4. The summed E-state index contributed by atoms with van der Waals surface area (Å²) in [5.41, 5.74) is -0.322. The SMILES string of the molecule is CCN(C(=O)CC1CCCC(=O)N1)c1ccc(C(F)(F)F)cc1. The smallest absolute Gasteiger partial charge is 0.353 e. The normalized spacial score (nSPS) is 18.4. The maximum atomic E-state index is 12.6. The van der Waals surface area contributed by atoms with Crippen LogP contribution in [0.1, 0.15) is 38.2 Å². The lowest BCUT2D eigenvalue weighted by atomic mass is 10.0. The van der Waals surface area contributed by atoms with E-state index in [1.54, 1.807) is 6.92 Å². The number of hydrogen-bond donors (Lipinski definition) is 1. The number of piperidine rings is 1. The lowest BCUT2D eigenvalue weighted by molar-refractivity contribution is -0.137. The van der Waals surface area contributed by atoms with Crippen molar-refractivity contribution in [1.29, 1.82) is 0 Å². The summed E-state index contributed by atoms with van der Waals surface area (Å²) < 4.78 is 37.8. The summed E-state index contributed by atoms with van der Waals surface area (Å²) in [5.74, 6) is -0.272. The Hall–Kier alpha value is -2.05. The van der Waals surface area contributed by atoms with Crippen molar-refractivity contribution in [2.45, 2.75) is 44.8 Å². The maximum Gasteiger partial charge on any atom is 0.416 e. The number of hydrogen-bond acceptors (Lipinski definition) is 2. The second-order valence-corrected chi connectivity index (χ2v) is 5.54. The van der Waals surface area contributed by atoms with E-state index in [0.717, 1.165) is 25.0 Å². The third-order valence-corrected chi connectivity index (χ3v) is 3.87. The number of carbonyl (C=O) groups excluding carboxylic acids is 2. The molecule has 0 spiro atoms. The van der Waals surface area contributed by atoms with Gasteiger partial charge in [0.2, 0.25) is 11.8 Å². The topological polar surface area (TPSA) is 49.4 Å². The molecule has 1 aliphatic rings. The van der Waals surface area contributed by atoms with E-state index in [2.05, 4.69) is 5.32 Å². The van der Waals surface area contributed by atoms with Crippen molar-refractivity contribution < 1.29 is 22.8 Å². The molecule has 1 atom stereocenters. The van der Waals surface area contributed by atoms with Crippen LogP contribution in [-0.4, -0.2) is 24.4 Å². The summed E-state index contributed by atoms with van der Waals surface area (Å²) in [6.07, 6.45) is -2.29. The first-order valence-corrected chi connectivity index (χ1v) is 7.58. The number of halogens is 3. The minimum Gasteiger partial charge on any atom is -0.353 e. The number of alkyl halides is 3. The molecule has 1 aromatic rings. The number of anilines is 1. The fourth-order valence-electron chi connectivity index (χ4n) is 2.69. The van der Waals surface area contributed by atoms with Gasteiger partial charge in [-0.15, -0.1) is 0 Å². The average Bonchev–Trinajstić information content (AvgIpc) is 2.47. The lowest BCUT2D eigenvalue weighted by Gasteiger charge is -2.27. The van der Waals surface area contributed by atoms with Crippen LogP contribution in [0.3, 0.4) is 0 Å². The van der Waals surface area contributed by atoms with E-state index in [1.165, 1.54) is 17.0 Å². The molecule has 1 unspecified atom stereocenters. The maximum absolute atomic E-state index is 12.6. The van der Waals surface area contributed by atoms with Gasteiger partial charge in [0.25, 0.3) is 0 Å². The van der Waals surface area contributed by atoms with Crippen LogP contribution in [0, 0.1) is 0 Å². The Kier molecular flexibility index (Phi) is 5.28. The molecule has 0 bridgehead atoms. The fourth-order valence-corrected chi connectivity index (χ4v) is 2.69. The van der Waals surface area contributed by atoms with Crippen LogP contribution in [0.25, 0.3) is 0 Å². The minimum absolute atomic E-state index is 0.0633. The highest BCUT2D eigenvalue weighted by molar-refractivity contribution is 5.94. The van der Waals surface area contributed by atoms with Crippen molar-refractivity contribution in [2.24, 2.45) is 0 Å². The molecule has 1 fully saturated rings. The summed E-state index contributed by atoms with van der Waals surface area (Å²) in [6.45, 7) is 2.11. The van der Waals surface area contributed by atoms with Crippen LogP contribution < -0.4 is 10.2 Å². The summed E-state index contributed by atoms with van der Waals surface area (Å²) in [6, 6.07) is 4.32. The van der Waals surface area contributed by atoms with E-state index < -0.39 is 11.7 Å². The minimum atomic E-state index is -4.40. The monoisotopic (exact) mass is 328 g/mol. The number of benzene rings is 1. The van der Waals surface area contributed by atoms with Crippen molar-refractivity contribution in [1.82, 2.24) is 5.32 Å². The molecule has 1 aliphatic heterocycles. The zero-order valence-corrected chi connectivity index (χ0v) is 12.8. The lowest BCUT2D eigenvalue weighted by Crippen LogP contribution is -2.43. The van der Waals surface area contributed by atoms with Crippen LogP contribution in [-0.2, 0) is 15.8 Å². The van der Waals surface area contributed by atoms with E-state index in [0.29, 0.717) is 18.7 Å². The van der Waals surface area contributed by atoms with Gasteiger partial charge in [0.15, 0.2) is 0 Å². The van der Waals surface area contributed by atoms with Crippen molar-refractivity contribution in [2.75, 3.05) is 11.4 Å². The molecule has 1 aromatic carbocycles. The number of amides is 2. The third-order valence-electron chi connectivity index (χ3n) is 3.87. The quantitative estimate of drug-likeness (QED) is 0.923. The Bertz CT molecular complexity index is 570. The molecule has 0 aromatic heterocycles. The zero-order valence-electron chi connectivity index (χ0n) is 12.8. The summed E-state index contributed by atoms with van der Waals surface area (Å²) in [4.78, 5) is 25.2. The van der Waals surface area contributed by atoms with Crippen molar-refractivity contribution in [3.8, 4) is 0 Å². The van der Waals surface area contributed by atoms with E-state index >= 15 is 0 Å². The molecule has 0 saturated carbocycles. The Morgan fingerprint density at radius 1 is 1.30 bits per heavy atom. The van der Waals surface area contributed by atoms with Crippen LogP contribution in [0.2, 0.25) is 0 Å². The first-order valence-electron chi connectivity index (χ1n) is 7.58. The predicted molar refractivity (Wildman–Crippen MR) is 79.9 cm³/mol. The Balaban J connectivity index is 2.06. The fraction of sp³-hybridized carbons (Fsp3) is 0.500. The Morgan fingerprint density at radius 2 is 1.96 bits per heavy atom. The number of nitrogens with one attached hydrogen (secondary N) is 1. The molecule has 7 heteroatoms. The van der Waals surface area contributed by atoms with Crippen LogP contribution >= 0.6 is 0 Å². The van der Waals surface area contributed by atoms with E-state index in [1.807, 2.05) is 0 Å². The van der Waals surface area contributed by atoms with Gasteiger partial charge in [-0.2, -0.15) is 13.2 Å². The van der Waals surface area contributed by atoms with Crippen molar-refractivity contribution >= 4 is 17.5 Å². The molecular formula is C16H19F3N2O2. The summed E-state index contributed by atoms with van der Waals surface area (Å²) in [7, 11) is 0. The molecule has 1 saturated heterocycles. The molecule has 23 heavy (non-hydrogen) atoms. The van der Waals surface area contributed by atoms with Gasteiger partial charge in [-0.05, 0) is 44.0 Å². The highest BCUT2D eigenvalue weighted by Crippen LogP contribution is 2.30. The van der Waals surface area contributed by atoms with Gasteiger partial charge in [0, 0.05) is 31.1 Å². The number of rotatable bonds is 4. The summed E-state index contributed by atoms with van der Waals surface area (Å²) in [5, 5.41) is 2.77. The first kappa shape index (κ1) is 17.3. The molecule has 0 aliphatic carbocycles. The molecule has 126 valence electrons. The van der Waals surface area contributed by atoms with Gasteiger partial charge in [-0.25, -0.2) is 0 Å². The van der Waals surface area contributed by atoms with Gasteiger partial charge in [0.1, 0.15) is 0 Å². The van der Waals surface area contributed by atoms with E-state index in [9.17, 15) is 22.8 Å². The third kappa shape index (κ3) is 4.46. The molecule has 0 radical (unpaired) electrons. The molecule has 1 heterocycles. The molecule has 2 rings (SSSR count). The van der Waals surface area contributed by atoms with Crippen LogP contribution in [0.4, 0.5) is 18.9 Å². The standard InChI is InChI=1S/C16H19F3N2O2/c1-2-21(13-8-6-11(7-9-13)16(17,18)19)15(23)10-12-4-3-5-14(22)20-12/h6-9,12H,2-5,10H2,1H3,(H,20,22). The van der Waals surface area contributed by atoms with Gasteiger partial charge < -0.3 is 10.2 Å². The van der Waals surface area contributed by atoms with Crippen LogP contribution in [0.5, 0.6) is 0 Å².